The number of rotatable bonds is 9. The smallest absolute Gasteiger partial charge is 0.277 e. The topological polar surface area (TPSA) is 87.0 Å². The Balaban J connectivity index is 1.50. The molecule has 0 spiro atoms. The molecule has 0 aliphatic carbocycles. The maximum Gasteiger partial charge on any atom is 0.277 e. The lowest BCUT2D eigenvalue weighted by molar-refractivity contribution is -0.123. The number of hydrogen-bond acceptors (Lipinski definition) is 6. The Bertz CT molecular complexity index is 1270. The van der Waals surface area contributed by atoms with E-state index < -0.39 is 5.91 Å². The summed E-state index contributed by atoms with van der Waals surface area (Å²) in [5.41, 5.74) is 5.75. The van der Waals surface area contributed by atoms with Gasteiger partial charge in [0.25, 0.3) is 5.91 Å². The fraction of sp³-hybridized carbons (Fsp3) is 0.115. The monoisotopic (exact) mass is 456 g/mol. The molecule has 1 aromatic heterocycles. The van der Waals surface area contributed by atoms with Crippen LogP contribution in [0.1, 0.15) is 5.56 Å². The molecule has 34 heavy (non-hydrogen) atoms. The number of ether oxygens (including phenoxy) is 3. The molecule has 1 amide bonds. The molecule has 1 heterocycles. The van der Waals surface area contributed by atoms with Crippen LogP contribution in [0, 0.1) is 0 Å². The van der Waals surface area contributed by atoms with Crippen molar-refractivity contribution in [3.8, 4) is 34.2 Å². The number of methoxy groups -OCH3 is 2. The number of carbonyl (C=O) groups is 1. The fourth-order valence-corrected chi connectivity index (χ4v) is 3.26. The van der Waals surface area contributed by atoms with Crippen molar-refractivity contribution in [1.29, 1.82) is 0 Å². The zero-order valence-corrected chi connectivity index (χ0v) is 18.8. The van der Waals surface area contributed by atoms with Crippen LogP contribution in [-0.2, 0) is 4.79 Å². The van der Waals surface area contributed by atoms with Gasteiger partial charge in [-0.25, -0.2) is 10.1 Å². The summed E-state index contributed by atoms with van der Waals surface area (Å²) in [4.78, 5) is 12.2. The molecule has 0 aliphatic heterocycles. The Kier molecular flexibility index (Phi) is 7.19. The van der Waals surface area contributed by atoms with Crippen LogP contribution in [0.3, 0.4) is 0 Å². The van der Waals surface area contributed by atoms with Crippen LogP contribution in [-0.4, -0.2) is 42.7 Å². The van der Waals surface area contributed by atoms with Crippen LogP contribution < -0.4 is 19.6 Å². The van der Waals surface area contributed by atoms with E-state index in [1.54, 1.807) is 43.3 Å². The van der Waals surface area contributed by atoms with Gasteiger partial charge in [-0.05, 0) is 48.5 Å². The van der Waals surface area contributed by atoms with Gasteiger partial charge in [0.2, 0.25) is 0 Å². The highest BCUT2D eigenvalue weighted by Gasteiger charge is 2.12. The average Bonchev–Trinajstić information content (AvgIpc) is 3.32. The summed E-state index contributed by atoms with van der Waals surface area (Å²) in [6, 6.07) is 24.5. The first kappa shape index (κ1) is 22.6. The molecule has 4 rings (SSSR count). The van der Waals surface area contributed by atoms with Crippen molar-refractivity contribution in [3.05, 3.63) is 90.6 Å². The minimum atomic E-state index is -0.399. The van der Waals surface area contributed by atoms with Gasteiger partial charge in [-0.3, -0.25) is 4.79 Å². The lowest BCUT2D eigenvalue weighted by Crippen LogP contribution is -2.24. The largest absolute Gasteiger partial charge is 0.497 e. The molecule has 0 bridgehead atoms. The van der Waals surface area contributed by atoms with Crippen LogP contribution in [0.15, 0.2) is 90.2 Å². The van der Waals surface area contributed by atoms with Crippen molar-refractivity contribution >= 4 is 12.1 Å². The van der Waals surface area contributed by atoms with E-state index in [4.69, 9.17) is 19.3 Å². The third kappa shape index (κ3) is 5.42. The summed E-state index contributed by atoms with van der Waals surface area (Å²) in [6.45, 7) is -0.202. The van der Waals surface area contributed by atoms with Crippen molar-refractivity contribution in [2.24, 2.45) is 5.10 Å². The van der Waals surface area contributed by atoms with Crippen molar-refractivity contribution in [3.63, 3.8) is 0 Å². The first-order chi connectivity index (χ1) is 16.7. The fourth-order valence-electron chi connectivity index (χ4n) is 3.26. The lowest BCUT2D eigenvalue weighted by atomic mass is 10.1. The highest BCUT2D eigenvalue weighted by molar-refractivity contribution is 5.89. The molecule has 0 unspecified atom stereocenters. The number of benzene rings is 3. The van der Waals surface area contributed by atoms with E-state index in [9.17, 15) is 4.79 Å². The zero-order chi connectivity index (χ0) is 23.8. The van der Waals surface area contributed by atoms with Crippen LogP contribution in [0.25, 0.3) is 16.9 Å². The van der Waals surface area contributed by atoms with Crippen molar-refractivity contribution in [2.75, 3.05) is 20.8 Å². The van der Waals surface area contributed by atoms with E-state index in [2.05, 4.69) is 10.5 Å². The highest BCUT2D eigenvalue weighted by atomic mass is 16.5. The van der Waals surface area contributed by atoms with Gasteiger partial charge in [0, 0.05) is 17.3 Å². The number of amides is 1. The van der Waals surface area contributed by atoms with Crippen LogP contribution >= 0.6 is 0 Å². The van der Waals surface area contributed by atoms with Gasteiger partial charge in [0.05, 0.1) is 26.1 Å². The molecule has 172 valence electrons. The Hall–Kier alpha value is -4.59. The highest BCUT2D eigenvalue weighted by Crippen LogP contribution is 2.26. The Morgan fingerprint density at radius 2 is 1.65 bits per heavy atom. The molecule has 0 fully saturated rings. The Morgan fingerprint density at radius 3 is 2.35 bits per heavy atom. The SMILES string of the molecule is COc1ccc(-c2nn(-c3ccccc3)cc2/C=N\NC(=O)COc2ccccc2OC)cc1. The first-order valence-corrected chi connectivity index (χ1v) is 10.5. The van der Waals surface area contributed by atoms with Gasteiger partial charge in [0.1, 0.15) is 11.4 Å². The van der Waals surface area contributed by atoms with E-state index in [1.807, 2.05) is 66.9 Å². The van der Waals surface area contributed by atoms with Gasteiger partial charge in [-0.15, -0.1) is 0 Å². The number of hydrazone groups is 1. The van der Waals surface area contributed by atoms with Crippen molar-refractivity contribution < 1.29 is 19.0 Å². The maximum absolute atomic E-state index is 12.2. The molecular weight excluding hydrogens is 432 g/mol. The molecule has 4 aromatic rings. The molecule has 8 heteroatoms. The first-order valence-electron chi connectivity index (χ1n) is 10.5. The number of para-hydroxylation sites is 3. The van der Waals surface area contributed by atoms with Crippen LogP contribution in [0.5, 0.6) is 17.2 Å². The van der Waals surface area contributed by atoms with Gasteiger partial charge < -0.3 is 14.2 Å². The van der Waals surface area contributed by atoms with Gasteiger partial charge in [-0.1, -0.05) is 30.3 Å². The molecule has 0 saturated carbocycles. The number of hydrogen-bond donors (Lipinski definition) is 1. The van der Waals surface area contributed by atoms with E-state index in [0.29, 0.717) is 11.5 Å². The Labute approximate surface area is 197 Å². The summed E-state index contributed by atoms with van der Waals surface area (Å²) in [5.74, 6) is 1.39. The summed E-state index contributed by atoms with van der Waals surface area (Å²) in [5, 5.41) is 8.84. The number of carbonyl (C=O) groups excluding carboxylic acids is 1. The van der Waals surface area contributed by atoms with Gasteiger partial charge >= 0.3 is 0 Å². The molecular formula is C26H24N4O4. The van der Waals surface area contributed by atoms with E-state index in [0.717, 1.165) is 28.3 Å². The van der Waals surface area contributed by atoms with E-state index >= 15 is 0 Å². The summed E-state index contributed by atoms with van der Waals surface area (Å²) in [6.07, 6.45) is 3.42. The second kappa shape index (κ2) is 10.8. The average molecular weight is 457 g/mol. The van der Waals surface area contributed by atoms with Crippen molar-refractivity contribution in [1.82, 2.24) is 15.2 Å². The summed E-state index contributed by atoms with van der Waals surface area (Å²) < 4.78 is 17.8. The molecule has 0 atom stereocenters. The standard InChI is InChI=1S/C26H24N4O4/c1-32-22-14-12-19(13-15-22)26-20(17-30(29-26)21-8-4-3-5-9-21)16-27-28-25(31)18-34-24-11-7-6-10-23(24)33-2/h3-17H,18H2,1-2H3,(H,28,31)/b27-16-. The van der Waals surface area contributed by atoms with E-state index in [-0.39, 0.29) is 6.61 Å². The normalized spacial score (nSPS) is 10.8. The summed E-state index contributed by atoms with van der Waals surface area (Å²) in [7, 11) is 3.17. The quantitative estimate of drug-likeness (QED) is 0.303. The third-order valence-electron chi connectivity index (χ3n) is 4.95. The number of aromatic nitrogens is 2. The zero-order valence-electron chi connectivity index (χ0n) is 18.8. The van der Waals surface area contributed by atoms with Gasteiger partial charge in [0.15, 0.2) is 18.1 Å². The lowest BCUT2D eigenvalue weighted by Gasteiger charge is -2.09. The Morgan fingerprint density at radius 1 is 0.941 bits per heavy atom. The van der Waals surface area contributed by atoms with Crippen LogP contribution in [0.2, 0.25) is 0 Å². The molecule has 8 nitrogen and oxygen atoms in total. The van der Waals surface area contributed by atoms with E-state index in [1.165, 1.54) is 0 Å². The predicted octanol–water partition coefficient (Wildman–Crippen LogP) is 4.09. The maximum atomic E-state index is 12.2. The minimum absolute atomic E-state index is 0.202. The molecule has 0 saturated heterocycles. The molecule has 0 aliphatic rings. The number of nitrogens with zero attached hydrogens (tertiary/aromatic N) is 3. The molecule has 3 aromatic carbocycles. The second-order valence-electron chi connectivity index (χ2n) is 7.17. The van der Waals surface area contributed by atoms with Crippen molar-refractivity contribution in [2.45, 2.75) is 0 Å². The van der Waals surface area contributed by atoms with Crippen LogP contribution in [0.4, 0.5) is 0 Å². The molecule has 1 N–H and O–H groups in total. The van der Waals surface area contributed by atoms with Gasteiger partial charge in [-0.2, -0.15) is 10.2 Å². The third-order valence-corrected chi connectivity index (χ3v) is 4.95. The summed E-state index contributed by atoms with van der Waals surface area (Å²) >= 11 is 0. The second-order valence-corrected chi connectivity index (χ2v) is 7.17. The number of nitrogens with one attached hydrogen (secondary N) is 1. The molecule has 0 radical (unpaired) electrons. The minimum Gasteiger partial charge on any atom is -0.497 e. The predicted molar refractivity (Wildman–Crippen MR) is 130 cm³/mol.